The second kappa shape index (κ2) is 4.66. The standard InChI is InChI=1S/C12H14F3NO/c13-12(14,15)8-16-4-3-10-5-9(7-17)1-2-11(10)6-16/h1-2,5,17H,3-4,6-8H2. The van der Waals surface area contributed by atoms with Crippen molar-refractivity contribution in [3.05, 3.63) is 34.9 Å². The van der Waals surface area contributed by atoms with E-state index < -0.39 is 12.7 Å². The van der Waals surface area contributed by atoms with Crippen molar-refractivity contribution < 1.29 is 18.3 Å². The van der Waals surface area contributed by atoms with Crippen molar-refractivity contribution in [2.75, 3.05) is 13.1 Å². The summed E-state index contributed by atoms with van der Waals surface area (Å²) in [5, 5.41) is 8.98. The van der Waals surface area contributed by atoms with Crippen LogP contribution in [-0.2, 0) is 19.6 Å². The number of aliphatic hydroxyl groups excluding tert-OH is 1. The van der Waals surface area contributed by atoms with Crippen molar-refractivity contribution in [1.29, 1.82) is 0 Å². The highest BCUT2D eigenvalue weighted by Crippen LogP contribution is 2.24. The lowest BCUT2D eigenvalue weighted by Gasteiger charge is -2.29. The molecular weight excluding hydrogens is 231 g/mol. The van der Waals surface area contributed by atoms with Gasteiger partial charge >= 0.3 is 6.18 Å². The molecule has 0 spiro atoms. The molecule has 1 aromatic rings. The van der Waals surface area contributed by atoms with Crippen LogP contribution in [0.5, 0.6) is 0 Å². The molecule has 5 heteroatoms. The van der Waals surface area contributed by atoms with E-state index in [-0.39, 0.29) is 6.61 Å². The summed E-state index contributed by atoms with van der Waals surface area (Å²) in [5.41, 5.74) is 2.79. The van der Waals surface area contributed by atoms with E-state index in [1.807, 2.05) is 12.1 Å². The van der Waals surface area contributed by atoms with Crippen LogP contribution in [0.15, 0.2) is 18.2 Å². The number of aliphatic hydroxyl groups is 1. The number of fused-ring (bicyclic) bond motifs is 1. The van der Waals surface area contributed by atoms with E-state index in [9.17, 15) is 13.2 Å². The average molecular weight is 245 g/mol. The smallest absolute Gasteiger partial charge is 0.392 e. The molecule has 1 heterocycles. The summed E-state index contributed by atoms with van der Waals surface area (Å²) in [6.07, 6.45) is -3.53. The fraction of sp³-hybridized carbons (Fsp3) is 0.500. The minimum absolute atomic E-state index is 0.0282. The van der Waals surface area contributed by atoms with Gasteiger partial charge < -0.3 is 5.11 Å². The van der Waals surface area contributed by atoms with Crippen molar-refractivity contribution in [1.82, 2.24) is 4.90 Å². The van der Waals surface area contributed by atoms with Crippen molar-refractivity contribution in [2.45, 2.75) is 25.7 Å². The first-order valence-electron chi connectivity index (χ1n) is 5.48. The van der Waals surface area contributed by atoms with Gasteiger partial charge in [-0.25, -0.2) is 0 Å². The second-order valence-electron chi connectivity index (χ2n) is 4.34. The molecule has 0 radical (unpaired) electrons. The first kappa shape index (κ1) is 12.4. The predicted octanol–water partition coefficient (Wildman–Crippen LogP) is 2.10. The van der Waals surface area contributed by atoms with E-state index in [0.717, 1.165) is 16.7 Å². The van der Waals surface area contributed by atoms with Gasteiger partial charge in [0.15, 0.2) is 0 Å². The summed E-state index contributed by atoms with van der Waals surface area (Å²) < 4.78 is 36.8. The molecule has 0 aliphatic carbocycles. The lowest BCUT2D eigenvalue weighted by molar-refractivity contribution is -0.147. The summed E-state index contributed by atoms with van der Waals surface area (Å²) in [6, 6.07) is 5.44. The molecule has 17 heavy (non-hydrogen) atoms. The molecule has 1 aromatic carbocycles. The summed E-state index contributed by atoms with van der Waals surface area (Å²) in [4.78, 5) is 1.40. The maximum absolute atomic E-state index is 12.3. The van der Waals surface area contributed by atoms with E-state index in [0.29, 0.717) is 19.5 Å². The summed E-state index contributed by atoms with van der Waals surface area (Å²) in [7, 11) is 0. The summed E-state index contributed by atoms with van der Waals surface area (Å²) in [5.74, 6) is 0. The first-order chi connectivity index (χ1) is 7.98. The Labute approximate surface area is 97.7 Å². The van der Waals surface area contributed by atoms with Crippen LogP contribution >= 0.6 is 0 Å². The fourth-order valence-electron chi connectivity index (χ4n) is 2.15. The molecule has 0 saturated heterocycles. The van der Waals surface area contributed by atoms with E-state index >= 15 is 0 Å². The van der Waals surface area contributed by atoms with E-state index in [4.69, 9.17) is 5.11 Å². The monoisotopic (exact) mass is 245 g/mol. The van der Waals surface area contributed by atoms with Crippen LogP contribution in [0.3, 0.4) is 0 Å². The molecule has 1 aliphatic heterocycles. The van der Waals surface area contributed by atoms with Crippen molar-refractivity contribution in [2.24, 2.45) is 0 Å². The zero-order chi connectivity index (χ0) is 12.5. The Balaban J connectivity index is 2.09. The molecule has 0 saturated carbocycles. The minimum atomic E-state index is -4.14. The molecule has 1 aliphatic rings. The van der Waals surface area contributed by atoms with Gasteiger partial charge in [-0.3, -0.25) is 4.90 Å². The molecule has 2 rings (SSSR count). The third-order valence-corrected chi connectivity index (χ3v) is 2.95. The molecule has 0 bridgehead atoms. The Kier molecular flexibility index (Phi) is 3.40. The molecule has 0 fully saturated rings. The highest BCUT2D eigenvalue weighted by molar-refractivity contribution is 5.33. The highest BCUT2D eigenvalue weighted by atomic mass is 19.4. The van der Waals surface area contributed by atoms with Gasteiger partial charge in [-0.2, -0.15) is 13.2 Å². The van der Waals surface area contributed by atoms with E-state index in [2.05, 4.69) is 0 Å². The van der Waals surface area contributed by atoms with Crippen LogP contribution in [-0.4, -0.2) is 29.3 Å². The highest BCUT2D eigenvalue weighted by Gasteiger charge is 2.31. The quantitative estimate of drug-likeness (QED) is 0.862. The molecule has 0 amide bonds. The van der Waals surface area contributed by atoms with Crippen LogP contribution in [0.4, 0.5) is 13.2 Å². The Hall–Kier alpha value is -1.07. The van der Waals surface area contributed by atoms with Crippen molar-refractivity contribution in [3.8, 4) is 0 Å². The van der Waals surface area contributed by atoms with Crippen LogP contribution in [0.2, 0.25) is 0 Å². The summed E-state index contributed by atoms with van der Waals surface area (Å²) >= 11 is 0. The van der Waals surface area contributed by atoms with Gasteiger partial charge in [0.2, 0.25) is 0 Å². The molecular formula is C12H14F3NO. The van der Waals surface area contributed by atoms with Crippen LogP contribution in [0, 0.1) is 0 Å². The number of benzene rings is 1. The SMILES string of the molecule is OCc1ccc2c(c1)CCN(CC(F)(F)F)C2. The van der Waals surface area contributed by atoms with Crippen molar-refractivity contribution >= 4 is 0 Å². The molecule has 94 valence electrons. The van der Waals surface area contributed by atoms with E-state index in [1.54, 1.807) is 6.07 Å². The maximum Gasteiger partial charge on any atom is 0.401 e. The Bertz CT molecular complexity index is 403. The lowest BCUT2D eigenvalue weighted by atomic mass is 9.97. The minimum Gasteiger partial charge on any atom is -0.392 e. The molecule has 0 atom stereocenters. The van der Waals surface area contributed by atoms with Gasteiger partial charge in [-0.1, -0.05) is 18.2 Å². The topological polar surface area (TPSA) is 23.5 Å². The molecule has 0 aromatic heterocycles. The van der Waals surface area contributed by atoms with Gasteiger partial charge in [-0.15, -0.1) is 0 Å². The Morgan fingerprint density at radius 1 is 1.24 bits per heavy atom. The Morgan fingerprint density at radius 3 is 2.65 bits per heavy atom. The fourth-order valence-corrected chi connectivity index (χ4v) is 2.15. The Morgan fingerprint density at radius 2 is 2.00 bits per heavy atom. The van der Waals surface area contributed by atoms with Crippen LogP contribution in [0.1, 0.15) is 16.7 Å². The molecule has 0 unspecified atom stereocenters. The predicted molar refractivity (Wildman–Crippen MR) is 57.4 cm³/mol. The summed E-state index contributed by atoms with van der Waals surface area (Å²) in [6.45, 7) is -0.129. The van der Waals surface area contributed by atoms with Gasteiger partial charge in [0.05, 0.1) is 13.2 Å². The van der Waals surface area contributed by atoms with Gasteiger partial charge in [0, 0.05) is 13.1 Å². The lowest BCUT2D eigenvalue weighted by Crippen LogP contribution is -2.37. The number of halogens is 3. The van der Waals surface area contributed by atoms with Crippen LogP contribution < -0.4 is 0 Å². The van der Waals surface area contributed by atoms with E-state index in [1.165, 1.54) is 4.90 Å². The first-order valence-corrected chi connectivity index (χ1v) is 5.48. The third-order valence-electron chi connectivity index (χ3n) is 2.95. The van der Waals surface area contributed by atoms with Gasteiger partial charge in [0.1, 0.15) is 0 Å². The number of hydrogen-bond donors (Lipinski definition) is 1. The van der Waals surface area contributed by atoms with Gasteiger partial charge in [0.25, 0.3) is 0 Å². The molecule has 1 N–H and O–H groups in total. The zero-order valence-electron chi connectivity index (χ0n) is 9.30. The number of rotatable bonds is 2. The molecule has 2 nitrogen and oxygen atoms in total. The average Bonchev–Trinajstić information content (AvgIpc) is 2.26. The normalized spacial score (nSPS) is 16.9. The third kappa shape index (κ3) is 3.20. The number of nitrogens with zero attached hydrogens (tertiary/aromatic N) is 1. The second-order valence-corrected chi connectivity index (χ2v) is 4.34. The van der Waals surface area contributed by atoms with Crippen LogP contribution in [0.25, 0.3) is 0 Å². The number of alkyl halides is 3. The number of hydrogen-bond acceptors (Lipinski definition) is 2. The van der Waals surface area contributed by atoms with Gasteiger partial charge in [-0.05, 0) is 23.1 Å². The van der Waals surface area contributed by atoms with Crippen molar-refractivity contribution in [3.63, 3.8) is 0 Å². The zero-order valence-corrected chi connectivity index (χ0v) is 9.30. The maximum atomic E-state index is 12.3. The largest absolute Gasteiger partial charge is 0.401 e.